The topological polar surface area (TPSA) is 177 Å². The van der Waals surface area contributed by atoms with E-state index in [1.54, 1.807) is 43.9 Å². The highest BCUT2D eigenvalue weighted by Crippen LogP contribution is 2.34. The quantitative estimate of drug-likeness (QED) is 0.232. The lowest BCUT2D eigenvalue weighted by Crippen LogP contribution is -2.51. The normalized spacial score (nSPS) is 13.6. The third-order valence-electron chi connectivity index (χ3n) is 8.88. The summed E-state index contributed by atoms with van der Waals surface area (Å²) in [6.07, 6.45) is -3.17. The van der Waals surface area contributed by atoms with Crippen molar-refractivity contribution in [2.75, 3.05) is 36.4 Å². The van der Waals surface area contributed by atoms with Crippen LogP contribution in [0.15, 0.2) is 51.9 Å². The van der Waals surface area contributed by atoms with Gasteiger partial charge in [0.15, 0.2) is 28.7 Å². The molecule has 2 N–H and O–H groups in total. The summed E-state index contributed by atoms with van der Waals surface area (Å²) >= 11 is 6.13. The molecule has 0 bridgehead atoms. The van der Waals surface area contributed by atoms with Gasteiger partial charge in [0.2, 0.25) is 11.7 Å². The van der Waals surface area contributed by atoms with Gasteiger partial charge in [-0.05, 0) is 49.7 Å². The second kappa shape index (κ2) is 13.5. The second-order valence-corrected chi connectivity index (χ2v) is 12.7. The Bertz CT molecular complexity index is 2490. The van der Waals surface area contributed by atoms with E-state index in [1.165, 1.54) is 15.8 Å². The van der Waals surface area contributed by atoms with Gasteiger partial charge in [0.25, 0.3) is 11.5 Å². The molecule has 1 aliphatic rings. The summed E-state index contributed by atoms with van der Waals surface area (Å²) in [6, 6.07) is 7.73. The Morgan fingerprint density at radius 3 is 2.49 bits per heavy atom. The smallest absolute Gasteiger partial charge is 0.416 e. The highest BCUT2D eigenvalue weighted by Gasteiger charge is 2.32. The van der Waals surface area contributed by atoms with E-state index in [0.717, 1.165) is 22.7 Å². The van der Waals surface area contributed by atoms with E-state index in [0.29, 0.717) is 28.2 Å². The van der Waals surface area contributed by atoms with Crippen molar-refractivity contribution in [1.82, 2.24) is 39.0 Å². The maximum atomic E-state index is 14.3. The molecule has 19 heteroatoms. The maximum absolute atomic E-state index is 14.3. The van der Waals surface area contributed by atoms with Crippen LogP contribution < -0.4 is 15.8 Å². The molecule has 7 rings (SSSR count). The first kappa shape index (κ1) is 35.4. The van der Waals surface area contributed by atoms with Crippen molar-refractivity contribution in [2.24, 2.45) is 0 Å². The number of halogens is 4. The number of carbonyl (C=O) groups excluding carboxylic acids is 2. The predicted octanol–water partition coefficient (Wildman–Crippen LogP) is 4.65. The minimum atomic E-state index is -4.63. The number of alkyl halides is 3. The number of oxazole rings is 1. The zero-order valence-corrected chi connectivity index (χ0v) is 29.2. The Morgan fingerprint density at radius 1 is 1.04 bits per heavy atom. The van der Waals surface area contributed by atoms with Crippen LogP contribution in [0, 0.1) is 13.8 Å². The first-order valence-corrected chi connectivity index (χ1v) is 16.7. The number of benzene rings is 2. The number of amides is 2. The molecule has 1 saturated heterocycles. The standard InChI is InChI=1S/C34H30ClF3N10O5/c1-4-24-28(45-9-11-46(12-10-45)31(51)27-29(50)17(2)39-16-40-27)32(52)48-33(43-30(44-48)19-5-8-25-23(13-19)41-18(3)53-25)47(24)15-26(49)42-22-7-6-20(14-21(22)35)34(36,37)38/h5-8,13-14,16,50H,4,9-12,15H2,1-3H3,(H,42,49). The van der Waals surface area contributed by atoms with Gasteiger partial charge in [-0.3, -0.25) is 14.4 Å². The zero-order chi connectivity index (χ0) is 37.8. The van der Waals surface area contributed by atoms with E-state index in [4.69, 9.17) is 16.0 Å². The van der Waals surface area contributed by atoms with Gasteiger partial charge >= 0.3 is 6.18 Å². The van der Waals surface area contributed by atoms with E-state index in [2.05, 4.69) is 30.4 Å². The second-order valence-electron chi connectivity index (χ2n) is 12.3. The van der Waals surface area contributed by atoms with E-state index in [9.17, 15) is 32.7 Å². The van der Waals surface area contributed by atoms with Crippen LogP contribution in [0.2, 0.25) is 5.02 Å². The first-order chi connectivity index (χ1) is 25.2. The molecule has 0 radical (unpaired) electrons. The molecule has 5 heterocycles. The van der Waals surface area contributed by atoms with Gasteiger partial charge in [-0.2, -0.15) is 22.7 Å². The number of aromatic nitrogens is 7. The summed E-state index contributed by atoms with van der Waals surface area (Å²) in [4.78, 5) is 61.4. The number of aryl methyl sites for hydroxylation is 2. The molecular formula is C34H30ClF3N10O5. The van der Waals surface area contributed by atoms with Crippen LogP contribution in [0.5, 0.6) is 5.75 Å². The lowest BCUT2D eigenvalue weighted by Gasteiger charge is -2.36. The van der Waals surface area contributed by atoms with Crippen molar-refractivity contribution < 1.29 is 32.3 Å². The average Bonchev–Trinajstić information content (AvgIpc) is 3.74. The number of hydrogen-bond donors (Lipinski definition) is 2. The fraction of sp³-hybridized carbons (Fsp3) is 0.294. The molecule has 0 aliphatic carbocycles. The summed E-state index contributed by atoms with van der Waals surface area (Å²) in [7, 11) is 0. The van der Waals surface area contributed by atoms with Gasteiger partial charge in [-0.15, -0.1) is 5.10 Å². The van der Waals surface area contributed by atoms with Crippen LogP contribution in [0.1, 0.15) is 40.3 Å². The number of rotatable bonds is 7. The first-order valence-electron chi connectivity index (χ1n) is 16.3. The van der Waals surface area contributed by atoms with E-state index in [-0.39, 0.29) is 77.7 Å². The molecule has 2 aromatic carbocycles. The zero-order valence-electron chi connectivity index (χ0n) is 28.4. The average molecular weight is 751 g/mol. The van der Waals surface area contributed by atoms with Crippen molar-refractivity contribution >= 4 is 51.7 Å². The molecule has 0 unspecified atom stereocenters. The summed E-state index contributed by atoms with van der Waals surface area (Å²) in [5.74, 6) is -0.787. The largest absolute Gasteiger partial charge is 0.504 e. The lowest BCUT2D eigenvalue weighted by atomic mass is 10.2. The van der Waals surface area contributed by atoms with Crippen molar-refractivity contribution in [3.05, 3.63) is 86.6 Å². The molecule has 15 nitrogen and oxygen atoms in total. The Hall–Kier alpha value is -6.04. The Morgan fingerprint density at radius 2 is 1.79 bits per heavy atom. The Balaban J connectivity index is 1.27. The molecule has 0 saturated carbocycles. The van der Waals surface area contributed by atoms with Crippen LogP contribution in [0.3, 0.4) is 0 Å². The van der Waals surface area contributed by atoms with Crippen LogP contribution in [-0.2, 0) is 23.9 Å². The Kier molecular flexibility index (Phi) is 9.01. The number of carbonyl (C=O) groups is 2. The summed E-state index contributed by atoms with van der Waals surface area (Å²) in [5.41, 5.74) is 0.894. The van der Waals surface area contributed by atoms with Gasteiger partial charge in [0, 0.05) is 38.7 Å². The molecular weight excluding hydrogens is 721 g/mol. The van der Waals surface area contributed by atoms with Gasteiger partial charge in [-0.1, -0.05) is 18.5 Å². The van der Waals surface area contributed by atoms with E-state index in [1.807, 2.05) is 0 Å². The van der Waals surface area contributed by atoms with E-state index >= 15 is 0 Å². The molecule has 0 spiro atoms. The van der Waals surface area contributed by atoms with Crippen LogP contribution in [-0.4, -0.2) is 82.1 Å². The molecule has 6 aromatic rings. The number of nitrogens with zero attached hydrogens (tertiary/aromatic N) is 9. The van der Waals surface area contributed by atoms with Crippen LogP contribution >= 0.6 is 11.6 Å². The number of piperazine rings is 1. The highest BCUT2D eigenvalue weighted by molar-refractivity contribution is 6.33. The van der Waals surface area contributed by atoms with Gasteiger partial charge in [0.1, 0.15) is 24.1 Å². The maximum Gasteiger partial charge on any atom is 0.416 e. The fourth-order valence-corrected chi connectivity index (χ4v) is 6.49. The Labute approximate surface area is 302 Å². The third-order valence-corrected chi connectivity index (χ3v) is 9.19. The molecule has 2 amide bonds. The minimum absolute atomic E-state index is 0.0379. The van der Waals surface area contributed by atoms with Gasteiger partial charge in [0.05, 0.1) is 27.7 Å². The number of anilines is 2. The van der Waals surface area contributed by atoms with Crippen molar-refractivity contribution in [3.8, 4) is 17.1 Å². The number of hydrogen-bond acceptors (Lipinski definition) is 11. The summed E-state index contributed by atoms with van der Waals surface area (Å²) in [5, 5.41) is 17.2. The minimum Gasteiger partial charge on any atom is -0.504 e. The summed E-state index contributed by atoms with van der Waals surface area (Å²) in [6.45, 7) is 5.42. The number of nitrogens with one attached hydrogen (secondary N) is 1. The molecule has 1 aliphatic heterocycles. The molecule has 53 heavy (non-hydrogen) atoms. The van der Waals surface area contributed by atoms with Crippen molar-refractivity contribution in [2.45, 2.75) is 39.9 Å². The van der Waals surface area contributed by atoms with Crippen molar-refractivity contribution in [1.29, 1.82) is 0 Å². The molecule has 274 valence electrons. The van der Waals surface area contributed by atoms with Crippen LogP contribution in [0.4, 0.5) is 24.5 Å². The predicted molar refractivity (Wildman–Crippen MR) is 186 cm³/mol. The molecule has 0 atom stereocenters. The number of fused-ring (bicyclic) bond motifs is 2. The molecule has 4 aromatic heterocycles. The van der Waals surface area contributed by atoms with Gasteiger partial charge < -0.3 is 29.2 Å². The fourth-order valence-electron chi connectivity index (χ4n) is 6.27. The van der Waals surface area contributed by atoms with Crippen LogP contribution in [0.25, 0.3) is 28.3 Å². The lowest BCUT2D eigenvalue weighted by molar-refractivity contribution is -0.137. The monoisotopic (exact) mass is 750 g/mol. The van der Waals surface area contributed by atoms with E-state index < -0.39 is 35.7 Å². The third kappa shape index (κ3) is 6.61. The SMILES string of the molecule is CCc1c(N2CCN(C(=O)c3ncnc(C)c3O)CC2)c(=O)n2nc(-c3ccc4oc(C)nc4c3)nc2n1CC(=O)Nc1ccc(C(F)(F)F)cc1Cl. The summed E-state index contributed by atoms with van der Waals surface area (Å²) < 4.78 is 47.9. The molecule has 1 fully saturated rings. The van der Waals surface area contributed by atoms with Gasteiger partial charge in [-0.25, -0.2) is 15.0 Å². The van der Waals surface area contributed by atoms with Crippen molar-refractivity contribution in [3.63, 3.8) is 0 Å². The number of aromatic hydroxyl groups is 1. The highest BCUT2D eigenvalue weighted by atomic mass is 35.5.